The average Bonchev–Trinajstić information content (AvgIpc) is 2.80. The lowest BCUT2D eigenvalue weighted by atomic mass is 9.99. The van der Waals surface area contributed by atoms with Crippen molar-refractivity contribution in [3.05, 3.63) is 57.5 Å². The van der Waals surface area contributed by atoms with Crippen molar-refractivity contribution < 1.29 is 22.7 Å². The number of alkyl halides is 3. The molecule has 1 N–H and O–H groups in total. The maximum Gasteiger partial charge on any atom is 0.416 e. The van der Waals surface area contributed by atoms with Crippen molar-refractivity contribution in [3.8, 4) is 0 Å². The first-order chi connectivity index (χ1) is 8.88. The standard InChI is InChI=1S/C13H10F4OS/c14-8-3-4-10(11(6-8)13(15,16)17)12(18)7-9-2-1-5-19-9/h1-6,12,18H,7H2. The van der Waals surface area contributed by atoms with E-state index in [9.17, 15) is 22.7 Å². The van der Waals surface area contributed by atoms with Crippen LogP contribution in [-0.4, -0.2) is 5.11 Å². The molecule has 0 aliphatic heterocycles. The third kappa shape index (κ3) is 3.33. The summed E-state index contributed by atoms with van der Waals surface area (Å²) in [7, 11) is 0. The molecule has 1 aromatic carbocycles. The molecule has 1 nitrogen and oxygen atoms in total. The molecule has 0 bridgehead atoms. The van der Waals surface area contributed by atoms with Gasteiger partial charge < -0.3 is 5.11 Å². The van der Waals surface area contributed by atoms with Gasteiger partial charge in [-0.3, -0.25) is 0 Å². The Kier molecular flexibility index (Phi) is 3.91. The van der Waals surface area contributed by atoms with Crippen LogP contribution < -0.4 is 0 Å². The van der Waals surface area contributed by atoms with E-state index in [1.807, 2.05) is 0 Å². The summed E-state index contributed by atoms with van der Waals surface area (Å²) in [6, 6.07) is 5.79. The van der Waals surface area contributed by atoms with Gasteiger partial charge in [-0.05, 0) is 29.1 Å². The monoisotopic (exact) mass is 290 g/mol. The Hall–Kier alpha value is -1.40. The first kappa shape index (κ1) is 14.0. The lowest BCUT2D eigenvalue weighted by Crippen LogP contribution is -2.13. The fraction of sp³-hybridized carbons (Fsp3) is 0.231. The predicted octanol–water partition coefficient (Wildman–Crippen LogP) is 4.18. The van der Waals surface area contributed by atoms with E-state index < -0.39 is 23.7 Å². The molecular weight excluding hydrogens is 280 g/mol. The Bertz CT molecular complexity index is 548. The van der Waals surface area contributed by atoms with Crippen LogP contribution in [0.25, 0.3) is 0 Å². The Morgan fingerprint density at radius 1 is 1.21 bits per heavy atom. The lowest BCUT2D eigenvalue weighted by molar-refractivity contribution is -0.139. The van der Waals surface area contributed by atoms with Gasteiger partial charge >= 0.3 is 6.18 Å². The first-order valence-corrected chi connectivity index (χ1v) is 6.33. The van der Waals surface area contributed by atoms with Gasteiger partial charge in [-0.1, -0.05) is 12.1 Å². The fourth-order valence-electron chi connectivity index (χ4n) is 1.79. The summed E-state index contributed by atoms with van der Waals surface area (Å²) in [6.07, 6.45) is -5.92. The second-order valence-corrected chi connectivity index (χ2v) is 5.06. The minimum absolute atomic E-state index is 0.0758. The molecule has 2 rings (SSSR count). The lowest BCUT2D eigenvalue weighted by Gasteiger charge is -2.17. The smallest absolute Gasteiger partial charge is 0.388 e. The molecule has 102 valence electrons. The maximum absolute atomic E-state index is 12.9. The number of benzene rings is 1. The summed E-state index contributed by atoms with van der Waals surface area (Å²) >= 11 is 1.35. The molecule has 0 aliphatic rings. The van der Waals surface area contributed by atoms with Crippen LogP contribution >= 0.6 is 11.3 Å². The molecule has 0 fully saturated rings. The quantitative estimate of drug-likeness (QED) is 0.841. The third-order valence-corrected chi connectivity index (χ3v) is 3.55. The Labute approximate surface area is 111 Å². The van der Waals surface area contributed by atoms with Crippen molar-refractivity contribution in [2.75, 3.05) is 0 Å². The SMILES string of the molecule is OC(Cc1cccs1)c1ccc(F)cc1C(F)(F)F. The zero-order valence-corrected chi connectivity index (χ0v) is 10.4. The van der Waals surface area contributed by atoms with Gasteiger partial charge in [0.2, 0.25) is 0 Å². The van der Waals surface area contributed by atoms with E-state index in [1.54, 1.807) is 17.5 Å². The summed E-state index contributed by atoms with van der Waals surface area (Å²) < 4.78 is 51.3. The highest BCUT2D eigenvalue weighted by Crippen LogP contribution is 2.36. The third-order valence-electron chi connectivity index (χ3n) is 2.65. The van der Waals surface area contributed by atoms with Gasteiger partial charge in [0.05, 0.1) is 11.7 Å². The summed E-state index contributed by atoms with van der Waals surface area (Å²) in [4.78, 5) is 0.768. The van der Waals surface area contributed by atoms with Crippen molar-refractivity contribution in [1.29, 1.82) is 0 Å². The van der Waals surface area contributed by atoms with Crippen LogP contribution in [0.1, 0.15) is 22.1 Å². The highest BCUT2D eigenvalue weighted by molar-refractivity contribution is 7.09. The van der Waals surface area contributed by atoms with Crippen molar-refractivity contribution in [2.24, 2.45) is 0 Å². The molecule has 1 atom stereocenters. The van der Waals surface area contributed by atoms with E-state index >= 15 is 0 Å². The summed E-state index contributed by atoms with van der Waals surface area (Å²) in [5.74, 6) is -0.973. The van der Waals surface area contributed by atoms with E-state index in [0.717, 1.165) is 17.0 Å². The highest BCUT2D eigenvalue weighted by atomic mass is 32.1. The van der Waals surface area contributed by atoms with Gasteiger partial charge in [-0.15, -0.1) is 11.3 Å². The molecular formula is C13H10F4OS. The predicted molar refractivity (Wildman–Crippen MR) is 64.4 cm³/mol. The van der Waals surface area contributed by atoms with Crippen molar-refractivity contribution in [2.45, 2.75) is 18.7 Å². The van der Waals surface area contributed by atoms with Gasteiger partial charge in [-0.25, -0.2) is 4.39 Å². The number of halogens is 4. The number of aliphatic hydroxyl groups is 1. The number of hydrogen-bond donors (Lipinski definition) is 1. The van der Waals surface area contributed by atoms with Gasteiger partial charge in [0.25, 0.3) is 0 Å². The zero-order chi connectivity index (χ0) is 14.0. The van der Waals surface area contributed by atoms with Crippen molar-refractivity contribution in [1.82, 2.24) is 0 Å². The normalized spacial score (nSPS) is 13.5. The molecule has 0 spiro atoms. The van der Waals surface area contributed by atoms with Gasteiger partial charge in [0, 0.05) is 11.3 Å². The Morgan fingerprint density at radius 2 is 1.95 bits per heavy atom. The minimum atomic E-state index is -4.69. The fourth-order valence-corrected chi connectivity index (χ4v) is 2.54. The van der Waals surface area contributed by atoms with Crippen LogP contribution in [0.3, 0.4) is 0 Å². The number of rotatable bonds is 3. The van der Waals surface area contributed by atoms with Crippen LogP contribution in [0.15, 0.2) is 35.7 Å². The number of hydrogen-bond acceptors (Lipinski definition) is 2. The number of aliphatic hydroxyl groups excluding tert-OH is 1. The van der Waals surface area contributed by atoms with Crippen LogP contribution in [-0.2, 0) is 12.6 Å². The Morgan fingerprint density at radius 3 is 2.53 bits per heavy atom. The topological polar surface area (TPSA) is 20.2 Å². The van der Waals surface area contributed by atoms with Crippen LogP contribution in [0.2, 0.25) is 0 Å². The van der Waals surface area contributed by atoms with E-state index in [2.05, 4.69) is 0 Å². The molecule has 0 amide bonds. The number of thiophene rings is 1. The molecule has 1 heterocycles. The molecule has 1 unspecified atom stereocenters. The van der Waals surface area contributed by atoms with E-state index in [0.29, 0.717) is 6.07 Å². The molecule has 6 heteroatoms. The maximum atomic E-state index is 12.9. The first-order valence-electron chi connectivity index (χ1n) is 5.45. The molecule has 2 aromatic rings. The molecule has 0 saturated carbocycles. The largest absolute Gasteiger partial charge is 0.416 e. The van der Waals surface area contributed by atoms with E-state index in [-0.39, 0.29) is 12.0 Å². The van der Waals surface area contributed by atoms with Gasteiger partial charge in [-0.2, -0.15) is 13.2 Å². The molecule has 1 aromatic heterocycles. The van der Waals surface area contributed by atoms with Gasteiger partial charge in [0.15, 0.2) is 0 Å². The van der Waals surface area contributed by atoms with E-state index in [4.69, 9.17) is 0 Å². The zero-order valence-electron chi connectivity index (χ0n) is 9.62. The van der Waals surface area contributed by atoms with Crippen LogP contribution in [0, 0.1) is 5.82 Å². The van der Waals surface area contributed by atoms with Crippen LogP contribution in [0.5, 0.6) is 0 Å². The highest BCUT2D eigenvalue weighted by Gasteiger charge is 2.35. The van der Waals surface area contributed by atoms with E-state index in [1.165, 1.54) is 11.3 Å². The van der Waals surface area contributed by atoms with Crippen molar-refractivity contribution >= 4 is 11.3 Å². The Balaban J connectivity index is 2.33. The van der Waals surface area contributed by atoms with Gasteiger partial charge in [0.1, 0.15) is 5.82 Å². The second-order valence-electron chi connectivity index (χ2n) is 4.03. The summed E-state index contributed by atoms with van der Waals surface area (Å²) in [6.45, 7) is 0. The molecule has 0 saturated heterocycles. The summed E-state index contributed by atoms with van der Waals surface area (Å²) in [5.41, 5.74) is -1.43. The molecule has 0 aliphatic carbocycles. The molecule has 19 heavy (non-hydrogen) atoms. The van der Waals surface area contributed by atoms with Crippen LogP contribution in [0.4, 0.5) is 17.6 Å². The van der Waals surface area contributed by atoms with Crippen molar-refractivity contribution in [3.63, 3.8) is 0 Å². The molecule has 0 radical (unpaired) electrons. The minimum Gasteiger partial charge on any atom is -0.388 e. The second kappa shape index (κ2) is 5.30. The average molecular weight is 290 g/mol. The summed E-state index contributed by atoms with van der Waals surface area (Å²) in [5, 5.41) is 11.7.